The lowest BCUT2D eigenvalue weighted by Crippen LogP contribution is -2.51. The number of carbonyl (C=O) groups excluding carboxylic acids is 3. The molecular formula is C37H44N2O5. The van der Waals surface area contributed by atoms with Crippen LogP contribution in [0.3, 0.4) is 0 Å². The number of benzene rings is 3. The summed E-state index contributed by atoms with van der Waals surface area (Å²) < 4.78 is 11.7. The fraction of sp³-hybridized carbons (Fsp3) is 0.432. The number of hydrogen-bond acceptors (Lipinski definition) is 5. The van der Waals surface area contributed by atoms with Crippen LogP contribution in [0.4, 0.5) is 4.79 Å². The van der Waals surface area contributed by atoms with Crippen LogP contribution in [0.5, 0.6) is 0 Å². The predicted octanol–water partition coefficient (Wildman–Crippen LogP) is 7.19. The van der Waals surface area contributed by atoms with Crippen LogP contribution in [-0.4, -0.2) is 53.1 Å². The number of amides is 2. The lowest BCUT2D eigenvalue weighted by atomic mass is 9.75. The van der Waals surface area contributed by atoms with Gasteiger partial charge >= 0.3 is 18.0 Å². The van der Waals surface area contributed by atoms with Gasteiger partial charge in [0.2, 0.25) is 0 Å². The average molecular weight is 597 g/mol. The average Bonchev–Trinajstić information content (AvgIpc) is 3.34. The maximum absolute atomic E-state index is 14.8. The van der Waals surface area contributed by atoms with E-state index in [1.807, 2.05) is 97.9 Å². The van der Waals surface area contributed by atoms with Gasteiger partial charge in [-0.1, -0.05) is 118 Å². The first-order valence-electron chi connectivity index (χ1n) is 15.8. The van der Waals surface area contributed by atoms with E-state index in [4.69, 9.17) is 9.47 Å². The van der Waals surface area contributed by atoms with Crippen molar-refractivity contribution in [2.24, 2.45) is 17.8 Å². The molecule has 2 aliphatic rings. The van der Waals surface area contributed by atoms with E-state index in [-0.39, 0.29) is 12.0 Å². The minimum absolute atomic E-state index is 0.204. The summed E-state index contributed by atoms with van der Waals surface area (Å²) in [7, 11) is 1.30. The standard InChI is InChI=1S/C37H44N2O5/c1-24(2)30-22-21-25(3)23-31(30)44-36(41)34-33(35(40)43-5)38(26(4)27-15-9-6-10-16-27)37(42)39(34)32(28-17-11-7-12-18-28)29-19-13-8-14-20-29/h6-20,24-26,30-34H,21-23H2,1-5H3/t25?,26-,30?,31?,33?,34?/m1/s1. The summed E-state index contributed by atoms with van der Waals surface area (Å²) in [4.78, 5) is 46.2. The number of methoxy groups -OCH3 is 1. The van der Waals surface area contributed by atoms with E-state index in [2.05, 4.69) is 20.8 Å². The SMILES string of the molecule is COC(=O)C1C(C(=O)OC2CC(C)CCC2C(C)C)N(C(c2ccccc2)c2ccccc2)C(=O)N1[C@H](C)c1ccccc1. The number of rotatable bonds is 9. The molecule has 1 saturated carbocycles. The molecule has 1 heterocycles. The third-order valence-corrected chi connectivity index (χ3v) is 9.46. The smallest absolute Gasteiger partial charge is 0.332 e. The molecule has 2 fully saturated rings. The molecule has 0 aromatic heterocycles. The molecule has 5 unspecified atom stereocenters. The van der Waals surface area contributed by atoms with Gasteiger partial charge in [-0.05, 0) is 54.2 Å². The van der Waals surface area contributed by atoms with Gasteiger partial charge in [-0.3, -0.25) is 4.90 Å². The van der Waals surface area contributed by atoms with Crippen molar-refractivity contribution in [2.75, 3.05) is 7.11 Å². The number of hydrogen-bond donors (Lipinski definition) is 0. The Morgan fingerprint density at radius 1 is 0.727 bits per heavy atom. The first-order chi connectivity index (χ1) is 21.2. The molecule has 1 saturated heterocycles. The van der Waals surface area contributed by atoms with Crippen LogP contribution in [0.2, 0.25) is 0 Å². The van der Waals surface area contributed by atoms with Gasteiger partial charge in [0.05, 0.1) is 19.2 Å². The Labute approximate surface area is 261 Å². The van der Waals surface area contributed by atoms with Crippen molar-refractivity contribution < 1.29 is 23.9 Å². The molecule has 0 spiro atoms. The summed E-state index contributed by atoms with van der Waals surface area (Å²) in [6, 6.07) is 24.8. The Hall–Kier alpha value is -4.13. The van der Waals surface area contributed by atoms with Crippen molar-refractivity contribution in [3.63, 3.8) is 0 Å². The molecule has 6 atom stereocenters. The van der Waals surface area contributed by atoms with Gasteiger partial charge < -0.3 is 14.4 Å². The summed E-state index contributed by atoms with van der Waals surface area (Å²) in [5, 5.41) is 0. The molecule has 2 amide bonds. The number of esters is 2. The van der Waals surface area contributed by atoms with Crippen LogP contribution in [0.15, 0.2) is 91.0 Å². The van der Waals surface area contributed by atoms with Crippen molar-refractivity contribution in [3.05, 3.63) is 108 Å². The van der Waals surface area contributed by atoms with Crippen molar-refractivity contribution >= 4 is 18.0 Å². The van der Waals surface area contributed by atoms with Crippen LogP contribution < -0.4 is 0 Å². The molecule has 1 aliphatic heterocycles. The van der Waals surface area contributed by atoms with E-state index in [1.54, 1.807) is 4.90 Å². The zero-order chi connectivity index (χ0) is 31.4. The second-order valence-electron chi connectivity index (χ2n) is 12.6. The highest BCUT2D eigenvalue weighted by atomic mass is 16.5. The van der Waals surface area contributed by atoms with Gasteiger partial charge in [-0.25, -0.2) is 14.4 Å². The summed E-state index contributed by atoms with van der Waals surface area (Å²) in [6.07, 6.45) is 2.51. The fourth-order valence-electron chi connectivity index (χ4n) is 7.10. The van der Waals surface area contributed by atoms with Gasteiger partial charge in [-0.2, -0.15) is 0 Å². The Morgan fingerprint density at radius 2 is 1.23 bits per heavy atom. The monoisotopic (exact) mass is 596 g/mol. The predicted molar refractivity (Wildman–Crippen MR) is 169 cm³/mol. The molecule has 7 nitrogen and oxygen atoms in total. The normalized spacial score (nSPS) is 24.4. The third kappa shape index (κ3) is 6.23. The Morgan fingerprint density at radius 3 is 1.73 bits per heavy atom. The maximum atomic E-state index is 14.8. The molecule has 44 heavy (non-hydrogen) atoms. The van der Waals surface area contributed by atoms with Gasteiger partial charge in [0.15, 0.2) is 12.1 Å². The Bertz CT molecular complexity index is 1370. The van der Waals surface area contributed by atoms with Crippen molar-refractivity contribution in [2.45, 2.75) is 77.2 Å². The van der Waals surface area contributed by atoms with Crippen molar-refractivity contribution in [1.82, 2.24) is 9.80 Å². The highest BCUT2D eigenvalue weighted by Crippen LogP contribution is 2.42. The van der Waals surface area contributed by atoms with Gasteiger partial charge in [-0.15, -0.1) is 0 Å². The second-order valence-corrected chi connectivity index (χ2v) is 12.6. The van der Waals surface area contributed by atoms with E-state index in [1.165, 1.54) is 12.0 Å². The number of urea groups is 1. The highest BCUT2D eigenvalue weighted by Gasteiger charge is 2.58. The lowest BCUT2D eigenvalue weighted by molar-refractivity contribution is -0.166. The molecule has 0 radical (unpaired) electrons. The summed E-state index contributed by atoms with van der Waals surface area (Å²) >= 11 is 0. The number of ether oxygens (including phenoxy) is 2. The van der Waals surface area contributed by atoms with Gasteiger partial charge in [0.1, 0.15) is 6.10 Å². The van der Waals surface area contributed by atoms with E-state index >= 15 is 0 Å². The second kappa shape index (κ2) is 13.7. The van der Waals surface area contributed by atoms with E-state index in [0.29, 0.717) is 11.8 Å². The molecule has 7 heteroatoms. The zero-order valence-electron chi connectivity index (χ0n) is 26.3. The molecule has 0 bridgehead atoms. The molecule has 232 valence electrons. The first kappa shape index (κ1) is 31.3. The molecule has 3 aromatic rings. The highest BCUT2D eigenvalue weighted by molar-refractivity contribution is 5.98. The quantitative estimate of drug-likeness (QED) is 0.245. The van der Waals surface area contributed by atoms with E-state index < -0.39 is 42.1 Å². The number of carbonyl (C=O) groups is 3. The molecule has 3 aromatic carbocycles. The van der Waals surface area contributed by atoms with Crippen LogP contribution in [0.1, 0.15) is 75.7 Å². The summed E-state index contributed by atoms with van der Waals surface area (Å²) in [6.45, 7) is 8.39. The maximum Gasteiger partial charge on any atom is 0.332 e. The van der Waals surface area contributed by atoms with Gasteiger partial charge in [0.25, 0.3) is 0 Å². The largest absolute Gasteiger partial charge is 0.467 e. The van der Waals surface area contributed by atoms with Crippen LogP contribution in [0.25, 0.3) is 0 Å². The van der Waals surface area contributed by atoms with Gasteiger partial charge in [0, 0.05) is 0 Å². The van der Waals surface area contributed by atoms with Crippen LogP contribution in [0, 0.1) is 17.8 Å². The fourth-order valence-corrected chi connectivity index (χ4v) is 7.10. The number of nitrogens with zero attached hydrogens (tertiary/aromatic N) is 2. The minimum Gasteiger partial charge on any atom is -0.467 e. The lowest BCUT2D eigenvalue weighted by Gasteiger charge is -2.38. The van der Waals surface area contributed by atoms with Crippen LogP contribution >= 0.6 is 0 Å². The summed E-state index contributed by atoms with van der Waals surface area (Å²) in [5.74, 6) is -0.276. The zero-order valence-corrected chi connectivity index (χ0v) is 26.3. The molecule has 0 N–H and O–H groups in total. The van der Waals surface area contributed by atoms with E-state index in [0.717, 1.165) is 36.0 Å². The van der Waals surface area contributed by atoms with Crippen molar-refractivity contribution in [1.29, 1.82) is 0 Å². The summed E-state index contributed by atoms with van der Waals surface area (Å²) in [5.41, 5.74) is 2.50. The molecular weight excluding hydrogens is 552 g/mol. The third-order valence-electron chi connectivity index (χ3n) is 9.46. The van der Waals surface area contributed by atoms with E-state index in [9.17, 15) is 14.4 Å². The topological polar surface area (TPSA) is 76.2 Å². The Balaban J connectivity index is 1.66. The Kier molecular flexibility index (Phi) is 9.72. The molecule has 1 aliphatic carbocycles. The molecule has 5 rings (SSSR count). The first-order valence-corrected chi connectivity index (χ1v) is 15.8. The van der Waals surface area contributed by atoms with Crippen molar-refractivity contribution in [3.8, 4) is 0 Å². The van der Waals surface area contributed by atoms with Crippen LogP contribution in [-0.2, 0) is 19.1 Å². The minimum atomic E-state index is -1.23.